The molecule has 144 valence electrons. The standard InChI is InChI=1S/C16H18ClF3N2O4/c1-8(2)12(22-13(23)9-5-3-4-6-10(9)17)14(24)21-11(15(25)26)7-16(18,19)20/h3-6,8,11-12H,7H2,1-2H3,(H,21,24)(H,22,23)(H,25,26). The molecule has 2 unspecified atom stereocenters. The second-order valence-corrected chi connectivity index (χ2v) is 6.30. The minimum absolute atomic E-state index is 0.0812. The van der Waals surface area contributed by atoms with E-state index < -0.39 is 48.4 Å². The van der Waals surface area contributed by atoms with E-state index in [1.807, 2.05) is 5.32 Å². The average molecular weight is 395 g/mol. The van der Waals surface area contributed by atoms with Crippen LogP contribution in [0.25, 0.3) is 0 Å². The fourth-order valence-electron chi connectivity index (χ4n) is 2.09. The molecule has 0 heterocycles. The number of alkyl halides is 3. The zero-order valence-electron chi connectivity index (χ0n) is 13.9. The molecule has 0 saturated heterocycles. The van der Waals surface area contributed by atoms with E-state index in [9.17, 15) is 27.6 Å². The van der Waals surface area contributed by atoms with Crippen molar-refractivity contribution in [3.63, 3.8) is 0 Å². The first kappa shape index (κ1) is 21.8. The van der Waals surface area contributed by atoms with Gasteiger partial charge in [0.25, 0.3) is 5.91 Å². The lowest BCUT2D eigenvalue weighted by Gasteiger charge is -2.24. The van der Waals surface area contributed by atoms with Gasteiger partial charge in [0.05, 0.1) is 17.0 Å². The topological polar surface area (TPSA) is 95.5 Å². The Morgan fingerprint density at radius 1 is 1.15 bits per heavy atom. The van der Waals surface area contributed by atoms with Gasteiger partial charge in [-0.1, -0.05) is 37.6 Å². The number of halogens is 4. The van der Waals surface area contributed by atoms with Crippen LogP contribution in [0.4, 0.5) is 13.2 Å². The predicted molar refractivity (Wildman–Crippen MR) is 87.8 cm³/mol. The van der Waals surface area contributed by atoms with Crippen LogP contribution in [0.15, 0.2) is 24.3 Å². The third kappa shape index (κ3) is 6.55. The van der Waals surface area contributed by atoms with Crippen LogP contribution in [-0.4, -0.2) is 41.2 Å². The van der Waals surface area contributed by atoms with Gasteiger partial charge < -0.3 is 15.7 Å². The number of rotatable bonds is 7. The average Bonchev–Trinajstić information content (AvgIpc) is 2.50. The molecule has 0 spiro atoms. The van der Waals surface area contributed by atoms with Crippen molar-refractivity contribution in [2.75, 3.05) is 0 Å². The lowest BCUT2D eigenvalue weighted by Crippen LogP contribution is -2.54. The first-order chi connectivity index (χ1) is 11.9. The van der Waals surface area contributed by atoms with Crippen LogP contribution in [0.2, 0.25) is 5.02 Å². The molecule has 2 amide bonds. The largest absolute Gasteiger partial charge is 0.480 e. The van der Waals surface area contributed by atoms with Crippen molar-refractivity contribution in [1.29, 1.82) is 0 Å². The van der Waals surface area contributed by atoms with Gasteiger partial charge in [0, 0.05) is 0 Å². The number of amides is 2. The molecule has 1 aromatic carbocycles. The number of benzene rings is 1. The molecule has 0 bridgehead atoms. The molecule has 6 nitrogen and oxygen atoms in total. The molecule has 0 fully saturated rings. The normalized spacial score (nSPS) is 13.8. The van der Waals surface area contributed by atoms with Crippen molar-refractivity contribution in [2.24, 2.45) is 5.92 Å². The molecule has 0 aliphatic carbocycles. The Balaban J connectivity index is 2.91. The van der Waals surface area contributed by atoms with E-state index in [0.29, 0.717) is 0 Å². The summed E-state index contributed by atoms with van der Waals surface area (Å²) in [6, 6.07) is 2.63. The Morgan fingerprint density at radius 3 is 2.19 bits per heavy atom. The summed E-state index contributed by atoms with van der Waals surface area (Å²) in [7, 11) is 0. The van der Waals surface area contributed by atoms with Crippen molar-refractivity contribution in [2.45, 2.75) is 38.5 Å². The molecule has 0 aliphatic heterocycles. The van der Waals surface area contributed by atoms with E-state index in [-0.39, 0.29) is 10.6 Å². The maximum atomic E-state index is 12.5. The Bertz CT molecular complexity index is 680. The molecule has 1 rings (SSSR count). The predicted octanol–water partition coefficient (Wildman–Crippen LogP) is 2.62. The summed E-state index contributed by atoms with van der Waals surface area (Å²) < 4.78 is 37.4. The monoisotopic (exact) mass is 394 g/mol. The quantitative estimate of drug-likeness (QED) is 0.662. The molecular weight excluding hydrogens is 377 g/mol. The number of carbonyl (C=O) groups excluding carboxylic acids is 2. The van der Waals surface area contributed by atoms with Crippen LogP contribution < -0.4 is 10.6 Å². The highest BCUT2D eigenvalue weighted by molar-refractivity contribution is 6.33. The van der Waals surface area contributed by atoms with Crippen LogP contribution in [0.1, 0.15) is 30.6 Å². The number of hydrogen-bond acceptors (Lipinski definition) is 3. The van der Waals surface area contributed by atoms with Crippen molar-refractivity contribution in [3.05, 3.63) is 34.9 Å². The summed E-state index contributed by atoms with van der Waals surface area (Å²) in [4.78, 5) is 35.5. The highest BCUT2D eigenvalue weighted by atomic mass is 35.5. The SMILES string of the molecule is CC(C)C(NC(=O)c1ccccc1Cl)C(=O)NC(CC(F)(F)F)C(=O)O. The molecule has 26 heavy (non-hydrogen) atoms. The molecule has 3 N–H and O–H groups in total. The highest BCUT2D eigenvalue weighted by Crippen LogP contribution is 2.22. The minimum atomic E-state index is -4.77. The third-order valence-electron chi connectivity index (χ3n) is 3.40. The van der Waals surface area contributed by atoms with Gasteiger partial charge in [-0.25, -0.2) is 4.79 Å². The number of carboxylic acids is 1. The molecule has 1 aromatic rings. The van der Waals surface area contributed by atoms with Gasteiger partial charge in [0.1, 0.15) is 12.1 Å². The van der Waals surface area contributed by atoms with E-state index in [1.165, 1.54) is 12.1 Å². The van der Waals surface area contributed by atoms with Crippen LogP contribution in [0, 0.1) is 5.92 Å². The lowest BCUT2D eigenvalue weighted by atomic mass is 10.0. The fourth-order valence-corrected chi connectivity index (χ4v) is 2.31. The third-order valence-corrected chi connectivity index (χ3v) is 3.73. The van der Waals surface area contributed by atoms with E-state index in [0.717, 1.165) is 0 Å². The Labute approximate surface area is 152 Å². The molecule has 0 aromatic heterocycles. The Hall–Kier alpha value is -2.29. The molecular formula is C16H18ClF3N2O4. The second kappa shape index (κ2) is 8.88. The first-order valence-corrected chi connectivity index (χ1v) is 7.95. The van der Waals surface area contributed by atoms with Crippen molar-refractivity contribution in [1.82, 2.24) is 10.6 Å². The number of carbonyl (C=O) groups is 3. The second-order valence-electron chi connectivity index (χ2n) is 5.89. The van der Waals surface area contributed by atoms with E-state index in [4.69, 9.17) is 16.7 Å². The van der Waals surface area contributed by atoms with Gasteiger partial charge >= 0.3 is 12.1 Å². The van der Waals surface area contributed by atoms with E-state index in [1.54, 1.807) is 26.0 Å². The maximum Gasteiger partial charge on any atom is 0.391 e. The Morgan fingerprint density at radius 2 is 1.73 bits per heavy atom. The molecule has 0 radical (unpaired) electrons. The summed E-state index contributed by atoms with van der Waals surface area (Å²) in [5.74, 6) is -4.07. The first-order valence-electron chi connectivity index (χ1n) is 7.57. The smallest absolute Gasteiger partial charge is 0.391 e. The van der Waals surface area contributed by atoms with Gasteiger partial charge in [-0.3, -0.25) is 9.59 Å². The van der Waals surface area contributed by atoms with Crippen LogP contribution in [0.5, 0.6) is 0 Å². The molecule has 10 heteroatoms. The summed E-state index contributed by atoms with van der Waals surface area (Å²) in [5.41, 5.74) is 0.0812. The fraction of sp³-hybridized carbons (Fsp3) is 0.438. The van der Waals surface area contributed by atoms with Gasteiger partial charge in [0.15, 0.2) is 0 Å². The summed E-state index contributed by atoms with van der Waals surface area (Å²) in [5, 5.41) is 13.2. The molecule has 0 saturated carbocycles. The van der Waals surface area contributed by atoms with Crippen molar-refractivity contribution in [3.8, 4) is 0 Å². The lowest BCUT2D eigenvalue weighted by molar-refractivity contribution is -0.160. The van der Waals surface area contributed by atoms with Gasteiger partial charge in [-0.05, 0) is 18.1 Å². The minimum Gasteiger partial charge on any atom is -0.480 e. The number of nitrogens with one attached hydrogen (secondary N) is 2. The van der Waals surface area contributed by atoms with Gasteiger partial charge in [-0.15, -0.1) is 0 Å². The zero-order valence-corrected chi connectivity index (χ0v) is 14.7. The van der Waals surface area contributed by atoms with E-state index in [2.05, 4.69) is 5.32 Å². The summed E-state index contributed by atoms with van der Waals surface area (Å²) >= 11 is 5.90. The number of aliphatic carboxylic acids is 1. The number of hydrogen-bond donors (Lipinski definition) is 3. The zero-order chi connectivity index (χ0) is 20.1. The Kier molecular flexibility index (Phi) is 7.43. The van der Waals surface area contributed by atoms with Crippen molar-refractivity contribution < 1.29 is 32.7 Å². The van der Waals surface area contributed by atoms with Gasteiger partial charge in [-0.2, -0.15) is 13.2 Å². The van der Waals surface area contributed by atoms with Crippen molar-refractivity contribution >= 4 is 29.4 Å². The molecule has 2 atom stereocenters. The van der Waals surface area contributed by atoms with Gasteiger partial charge in [0.2, 0.25) is 5.91 Å². The van der Waals surface area contributed by atoms with Crippen LogP contribution in [0.3, 0.4) is 0 Å². The molecule has 0 aliphatic rings. The summed E-state index contributed by atoms with van der Waals surface area (Å²) in [6.45, 7) is 3.10. The van der Waals surface area contributed by atoms with E-state index >= 15 is 0 Å². The summed E-state index contributed by atoms with van der Waals surface area (Å²) in [6.07, 6.45) is -6.50. The highest BCUT2D eigenvalue weighted by Gasteiger charge is 2.38. The number of carboxylic acid groups (broad SMARTS) is 1. The maximum absolute atomic E-state index is 12.5. The van der Waals surface area contributed by atoms with Crippen LogP contribution >= 0.6 is 11.6 Å². The van der Waals surface area contributed by atoms with Crippen LogP contribution in [-0.2, 0) is 9.59 Å².